The lowest BCUT2D eigenvalue weighted by Gasteiger charge is -2.15. The normalized spacial score (nSPS) is 11.9. The molecule has 0 aromatic rings. The van der Waals surface area contributed by atoms with Gasteiger partial charge < -0.3 is 9.47 Å². The summed E-state index contributed by atoms with van der Waals surface area (Å²) < 4.78 is 9.79. The fourth-order valence-electron chi connectivity index (χ4n) is 1.44. The van der Waals surface area contributed by atoms with Gasteiger partial charge in [-0.05, 0) is 32.1 Å². The molecule has 0 rings (SSSR count). The van der Waals surface area contributed by atoms with Gasteiger partial charge in [0.05, 0.1) is 13.2 Å². The second-order valence-electron chi connectivity index (χ2n) is 5.53. The summed E-state index contributed by atoms with van der Waals surface area (Å²) in [5.74, 6) is -1.88. The minimum absolute atomic E-state index is 0.194. The third-order valence-corrected chi connectivity index (χ3v) is 2.41. The summed E-state index contributed by atoms with van der Waals surface area (Å²) in [6.07, 6.45) is 5.06. The molecule has 0 saturated heterocycles. The van der Waals surface area contributed by atoms with Gasteiger partial charge in [0.2, 0.25) is 0 Å². The highest BCUT2D eigenvalue weighted by atomic mass is 16.6. The quantitative estimate of drug-likeness (QED) is 0.405. The zero-order chi connectivity index (χ0) is 14.9. The molecule has 4 heteroatoms. The Bertz CT molecular complexity index is 295. The van der Waals surface area contributed by atoms with Gasteiger partial charge in [-0.1, -0.05) is 32.9 Å². The van der Waals surface area contributed by atoms with E-state index in [0.717, 1.165) is 6.42 Å². The zero-order valence-corrected chi connectivity index (χ0v) is 12.7. The molecule has 0 atom stereocenters. The summed E-state index contributed by atoms with van der Waals surface area (Å²) in [6.45, 7) is 10.4. The van der Waals surface area contributed by atoms with Crippen LogP contribution in [-0.2, 0) is 19.1 Å². The predicted octanol–water partition coefficient (Wildman–Crippen LogP) is 3.11. The van der Waals surface area contributed by atoms with E-state index in [2.05, 4.69) is 20.8 Å². The van der Waals surface area contributed by atoms with Gasteiger partial charge in [-0.25, -0.2) is 0 Å². The van der Waals surface area contributed by atoms with E-state index in [1.54, 1.807) is 13.8 Å². The number of esters is 2. The molecule has 0 aromatic heterocycles. The lowest BCUT2D eigenvalue weighted by Crippen LogP contribution is -2.27. The molecule has 0 spiro atoms. The molecule has 0 aliphatic heterocycles. The molecule has 0 aliphatic rings. The van der Waals surface area contributed by atoms with Crippen LogP contribution in [0.5, 0.6) is 0 Å². The van der Waals surface area contributed by atoms with Crippen LogP contribution in [0.25, 0.3) is 0 Å². The minimum Gasteiger partial charge on any atom is -0.465 e. The number of allylic oxidation sites excluding steroid dienone is 2. The highest BCUT2D eigenvalue weighted by Gasteiger charge is 2.28. The summed E-state index contributed by atoms with van der Waals surface area (Å²) in [4.78, 5) is 23.4. The van der Waals surface area contributed by atoms with Crippen molar-refractivity contribution >= 4 is 11.9 Å². The summed E-state index contributed by atoms with van der Waals surface area (Å²) in [7, 11) is 0. The molecule has 0 bridgehead atoms. The summed E-state index contributed by atoms with van der Waals surface area (Å²) in [6, 6.07) is 0. The van der Waals surface area contributed by atoms with Crippen LogP contribution in [0, 0.1) is 11.3 Å². The third kappa shape index (κ3) is 8.41. The van der Waals surface area contributed by atoms with Crippen LogP contribution in [0.3, 0.4) is 0 Å². The van der Waals surface area contributed by atoms with Crippen molar-refractivity contribution in [2.24, 2.45) is 11.3 Å². The van der Waals surface area contributed by atoms with Crippen molar-refractivity contribution in [3.8, 4) is 0 Å². The number of rotatable bonds is 7. The molecule has 0 unspecified atom stereocenters. The van der Waals surface area contributed by atoms with Gasteiger partial charge in [0, 0.05) is 0 Å². The SMILES string of the molecule is CCOC(=O)C(C/C=C/CC(C)(C)C)C(=O)OCC. The van der Waals surface area contributed by atoms with Gasteiger partial charge in [0.25, 0.3) is 0 Å². The molecular formula is C15H26O4. The Kier molecular flexibility index (Phi) is 8.12. The van der Waals surface area contributed by atoms with E-state index in [-0.39, 0.29) is 18.6 Å². The van der Waals surface area contributed by atoms with Crippen LogP contribution in [0.4, 0.5) is 0 Å². The van der Waals surface area contributed by atoms with E-state index in [4.69, 9.17) is 9.47 Å². The molecule has 0 heterocycles. The van der Waals surface area contributed by atoms with Crippen LogP contribution in [0.1, 0.15) is 47.5 Å². The van der Waals surface area contributed by atoms with Crippen LogP contribution in [0.15, 0.2) is 12.2 Å². The van der Waals surface area contributed by atoms with Crippen molar-refractivity contribution in [2.75, 3.05) is 13.2 Å². The van der Waals surface area contributed by atoms with E-state index in [0.29, 0.717) is 6.42 Å². The van der Waals surface area contributed by atoms with Crippen molar-refractivity contribution in [3.05, 3.63) is 12.2 Å². The van der Waals surface area contributed by atoms with Crippen molar-refractivity contribution in [1.82, 2.24) is 0 Å². The Hall–Kier alpha value is -1.32. The molecular weight excluding hydrogens is 244 g/mol. The second-order valence-corrected chi connectivity index (χ2v) is 5.53. The van der Waals surface area contributed by atoms with Crippen molar-refractivity contribution in [2.45, 2.75) is 47.5 Å². The molecule has 0 aromatic carbocycles. The maximum Gasteiger partial charge on any atom is 0.320 e. The molecule has 0 N–H and O–H groups in total. The van der Waals surface area contributed by atoms with Crippen molar-refractivity contribution in [1.29, 1.82) is 0 Å². The molecule has 0 aliphatic carbocycles. The lowest BCUT2D eigenvalue weighted by atomic mass is 9.92. The molecule has 0 amide bonds. The van der Waals surface area contributed by atoms with Crippen molar-refractivity contribution in [3.63, 3.8) is 0 Å². The Labute approximate surface area is 116 Å². The van der Waals surface area contributed by atoms with Gasteiger partial charge in [0.1, 0.15) is 0 Å². The number of carbonyl (C=O) groups excluding carboxylic acids is 2. The fourth-order valence-corrected chi connectivity index (χ4v) is 1.44. The molecule has 4 nitrogen and oxygen atoms in total. The number of hydrogen-bond acceptors (Lipinski definition) is 4. The summed E-state index contributed by atoms with van der Waals surface area (Å²) >= 11 is 0. The van der Waals surface area contributed by atoms with Gasteiger partial charge in [-0.3, -0.25) is 9.59 Å². The van der Waals surface area contributed by atoms with E-state index < -0.39 is 17.9 Å². The zero-order valence-electron chi connectivity index (χ0n) is 12.7. The highest BCUT2D eigenvalue weighted by molar-refractivity contribution is 5.95. The van der Waals surface area contributed by atoms with E-state index >= 15 is 0 Å². The maximum atomic E-state index is 11.7. The first kappa shape index (κ1) is 17.7. The summed E-state index contributed by atoms with van der Waals surface area (Å²) in [5, 5.41) is 0. The van der Waals surface area contributed by atoms with Crippen LogP contribution >= 0.6 is 0 Å². The molecule has 19 heavy (non-hydrogen) atoms. The van der Waals surface area contributed by atoms with Gasteiger partial charge in [-0.2, -0.15) is 0 Å². The number of ether oxygens (including phenoxy) is 2. The first-order chi connectivity index (χ1) is 8.81. The van der Waals surface area contributed by atoms with Crippen LogP contribution < -0.4 is 0 Å². The Morgan fingerprint density at radius 2 is 1.47 bits per heavy atom. The Morgan fingerprint density at radius 3 is 1.84 bits per heavy atom. The first-order valence-corrected chi connectivity index (χ1v) is 6.80. The van der Waals surface area contributed by atoms with Gasteiger partial charge >= 0.3 is 11.9 Å². The fraction of sp³-hybridized carbons (Fsp3) is 0.733. The van der Waals surface area contributed by atoms with Gasteiger partial charge in [0.15, 0.2) is 5.92 Å². The largest absolute Gasteiger partial charge is 0.465 e. The molecule has 0 radical (unpaired) electrons. The third-order valence-electron chi connectivity index (χ3n) is 2.41. The van der Waals surface area contributed by atoms with E-state index in [1.807, 2.05) is 12.2 Å². The molecule has 0 fully saturated rings. The molecule has 0 saturated carbocycles. The van der Waals surface area contributed by atoms with Gasteiger partial charge in [-0.15, -0.1) is 0 Å². The topological polar surface area (TPSA) is 52.6 Å². The second kappa shape index (κ2) is 8.73. The lowest BCUT2D eigenvalue weighted by molar-refractivity contribution is -0.161. The van der Waals surface area contributed by atoms with Crippen LogP contribution in [-0.4, -0.2) is 25.2 Å². The minimum atomic E-state index is -0.851. The Morgan fingerprint density at radius 1 is 1.00 bits per heavy atom. The van der Waals surface area contributed by atoms with Crippen LogP contribution in [0.2, 0.25) is 0 Å². The molecule has 110 valence electrons. The highest BCUT2D eigenvalue weighted by Crippen LogP contribution is 2.19. The monoisotopic (exact) mass is 270 g/mol. The average molecular weight is 270 g/mol. The van der Waals surface area contributed by atoms with E-state index in [1.165, 1.54) is 0 Å². The number of hydrogen-bond donors (Lipinski definition) is 0. The maximum absolute atomic E-state index is 11.7. The Balaban J connectivity index is 4.50. The smallest absolute Gasteiger partial charge is 0.320 e. The number of carbonyl (C=O) groups is 2. The first-order valence-electron chi connectivity index (χ1n) is 6.80. The summed E-state index contributed by atoms with van der Waals surface area (Å²) in [5.41, 5.74) is 0.194. The standard InChI is InChI=1S/C15H26O4/c1-6-18-13(16)12(14(17)19-7-2)10-8-9-11-15(3,4)5/h8-9,12H,6-7,10-11H2,1-5H3/b9-8+. The predicted molar refractivity (Wildman–Crippen MR) is 74.6 cm³/mol. The van der Waals surface area contributed by atoms with Crippen molar-refractivity contribution < 1.29 is 19.1 Å². The average Bonchev–Trinajstić information content (AvgIpc) is 2.27. The van der Waals surface area contributed by atoms with E-state index in [9.17, 15) is 9.59 Å².